The SMILES string of the molecule is CCc1ccc(N(CCCC(=O)N[C@@H](CC(C)C)c2ccccc2)S(C)(=O)=O)cc1. The van der Waals surface area contributed by atoms with Crippen LogP contribution in [0.4, 0.5) is 5.69 Å². The summed E-state index contributed by atoms with van der Waals surface area (Å²) in [6.45, 7) is 6.60. The van der Waals surface area contributed by atoms with E-state index < -0.39 is 10.0 Å². The topological polar surface area (TPSA) is 66.5 Å². The number of benzene rings is 2. The molecular formula is C24H34N2O3S. The Balaban J connectivity index is 1.98. The van der Waals surface area contributed by atoms with E-state index in [1.807, 2.05) is 54.6 Å². The molecular weight excluding hydrogens is 396 g/mol. The predicted octanol–water partition coefficient (Wildman–Crippen LogP) is 4.70. The molecule has 0 saturated heterocycles. The summed E-state index contributed by atoms with van der Waals surface area (Å²) in [5, 5.41) is 3.13. The quantitative estimate of drug-likeness (QED) is 0.562. The zero-order chi connectivity index (χ0) is 22.1. The van der Waals surface area contributed by atoms with Crippen molar-refractivity contribution < 1.29 is 13.2 Å². The van der Waals surface area contributed by atoms with Crippen molar-refractivity contribution in [3.63, 3.8) is 0 Å². The van der Waals surface area contributed by atoms with Crippen LogP contribution in [-0.2, 0) is 21.2 Å². The molecule has 5 nitrogen and oxygen atoms in total. The fourth-order valence-corrected chi connectivity index (χ4v) is 4.43. The van der Waals surface area contributed by atoms with Crippen LogP contribution in [-0.4, -0.2) is 27.1 Å². The lowest BCUT2D eigenvalue weighted by Crippen LogP contribution is -2.33. The largest absolute Gasteiger partial charge is 0.349 e. The molecule has 0 heterocycles. The maximum Gasteiger partial charge on any atom is 0.232 e. The molecule has 2 aromatic rings. The smallest absolute Gasteiger partial charge is 0.232 e. The van der Waals surface area contributed by atoms with Gasteiger partial charge in [-0.25, -0.2) is 8.42 Å². The summed E-state index contributed by atoms with van der Waals surface area (Å²) < 4.78 is 25.9. The molecule has 0 unspecified atom stereocenters. The third kappa shape index (κ3) is 7.48. The molecule has 0 spiro atoms. The number of carbonyl (C=O) groups is 1. The van der Waals surface area contributed by atoms with Crippen molar-refractivity contribution in [2.24, 2.45) is 5.92 Å². The summed E-state index contributed by atoms with van der Waals surface area (Å²) in [5.74, 6) is 0.390. The van der Waals surface area contributed by atoms with Gasteiger partial charge in [0.15, 0.2) is 0 Å². The van der Waals surface area contributed by atoms with Gasteiger partial charge in [-0.2, -0.15) is 0 Å². The van der Waals surface area contributed by atoms with Gasteiger partial charge in [-0.15, -0.1) is 0 Å². The Morgan fingerprint density at radius 3 is 2.20 bits per heavy atom. The fraction of sp³-hybridized carbons (Fsp3) is 0.458. The molecule has 0 saturated carbocycles. The zero-order valence-corrected chi connectivity index (χ0v) is 19.3. The third-order valence-electron chi connectivity index (χ3n) is 5.04. The monoisotopic (exact) mass is 430 g/mol. The second-order valence-corrected chi connectivity index (χ2v) is 10.0. The van der Waals surface area contributed by atoms with Gasteiger partial charge in [0, 0.05) is 13.0 Å². The van der Waals surface area contributed by atoms with E-state index in [1.54, 1.807) is 0 Å². The van der Waals surface area contributed by atoms with E-state index in [0.717, 1.165) is 24.0 Å². The molecule has 6 heteroatoms. The highest BCUT2D eigenvalue weighted by Crippen LogP contribution is 2.22. The van der Waals surface area contributed by atoms with Crippen molar-refractivity contribution in [3.8, 4) is 0 Å². The van der Waals surface area contributed by atoms with E-state index >= 15 is 0 Å². The number of rotatable bonds is 11. The van der Waals surface area contributed by atoms with Gasteiger partial charge in [-0.3, -0.25) is 9.10 Å². The molecule has 164 valence electrons. The first kappa shape index (κ1) is 23.9. The van der Waals surface area contributed by atoms with Crippen LogP contribution in [0.2, 0.25) is 0 Å². The number of hydrogen-bond donors (Lipinski definition) is 1. The molecule has 2 rings (SSSR count). The van der Waals surface area contributed by atoms with Crippen LogP contribution < -0.4 is 9.62 Å². The van der Waals surface area contributed by atoms with Crippen molar-refractivity contribution in [1.82, 2.24) is 5.32 Å². The summed E-state index contributed by atoms with van der Waals surface area (Å²) in [4.78, 5) is 12.6. The lowest BCUT2D eigenvalue weighted by atomic mass is 9.97. The summed E-state index contributed by atoms with van der Waals surface area (Å²) >= 11 is 0. The number of carbonyl (C=O) groups excluding carboxylic acids is 1. The minimum absolute atomic E-state index is 0.0358. The predicted molar refractivity (Wildman–Crippen MR) is 124 cm³/mol. The average Bonchev–Trinajstić information content (AvgIpc) is 2.70. The van der Waals surface area contributed by atoms with Gasteiger partial charge in [-0.1, -0.05) is 63.2 Å². The first-order valence-electron chi connectivity index (χ1n) is 10.6. The van der Waals surface area contributed by atoms with E-state index in [4.69, 9.17) is 0 Å². The van der Waals surface area contributed by atoms with Crippen molar-refractivity contribution >= 4 is 21.6 Å². The number of sulfonamides is 1. The molecule has 2 aromatic carbocycles. The first-order valence-corrected chi connectivity index (χ1v) is 12.5. The highest BCUT2D eigenvalue weighted by atomic mass is 32.2. The first-order chi connectivity index (χ1) is 14.2. The van der Waals surface area contributed by atoms with Gasteiger partial charge in [0.1, 0.15) is 0 Å². The highest BCUT2D eigenvalue weighted by molar-refractivity contribution is 7.92. The molecule has 0 bridgehead atoms. The van der Waals surface area contributed by atoms with Crippen LogP contribution in [0.25, 0.3) is 0 Å². The summed E-state index contributed by atoms with van der Waals surface area (Å²) in [5.41, 5.74) is 2.88. The maximum atomic E-state index is 12.6. The van der Waals surface area contributed by atoms with E-state index in [9.17, 15) is 13.2 Å². The molecule has 1 atom stereocenters. The van der Waals surface area contributed by atoms with Crippen molar-refractivity contribution in [2.45, 2.75) is 52.5 Å². The maximum absolute atomic E-state index is 12.6. The number of hydrogen-bond acceptors (Lipinski definition) is 3. The average molecular weight is 431 g/mol. The minimum Gasteiger partial charge on any atom is -0.349 e. The summed E-state index contributed by atoms with van der Waals surface area (Å²) in [6, 6.07) is 17.5. The lowest BCUT2D eigenvalue weighted by molar-refractivity contribution is -0.122. The highest BCUT2D eigenvalue weighted by Gasteiger charge is 2.19. The Morgan fingerprint density at radius 1 is 1.03 bits per heavy atom. The van der Waals surface area contributed by atoms with E-state index in [1.165, 1.54) is 10.6 Å². The summed E-state index contributed by atoms with van der Waals surface area (Å²) in [7, 11) is -3.42. The van der Waals surface area contributed by atoms with E-state index in [-0.39, 0.29) is 24.9 Å². The van der Waals surface area contributed by atoms with Gasteiger partial charge in [0.25, 0.3) is 0 Å². The Hall–Kier alpha value is -2.34. The zero-order valence-electron chi connectivity index (χ0n) is 18.5. The Morgan fingerprint density at radius 2 is 1.67 bits per heavy atom. The number of amides is 1. The lowest BCUT2D eigenvalue weighted by Gasteiger charge is -2.24. The molecule has 0 radical (unpaired) electrons. The number of anilines is 1. The molecule has 0 aliphatic heterocycles. The molecule has 0 aliphatic carbocycles. The second-order valence-electron chi connectivity index (χ2n) is 8.12. The molecule has 0 aliphatic rings. The van der Waals surface area contributed by atoms with Crippen LogP contribution in [0.15, 0.2) is 54.6 Å². The second kappa shape index (κ2) is 11.2. The van der Waals surface area contributed by atoms with Gasteiger partial charge in [0.2, 0.25) is 15.9 Å². The minimum atomic E-state index is -3.42. The van der Waals surface area contributed by atoms with Crippen molar-refractivity contribution in [1.29, 1.82) is 0 Å². The number of aryl methyl sites for hydroxylation is 1. The molecule has 0 fully saturated rings. The van der Waals surface area contributed by atoms with E-state index in [0.29, 0.717) is 18.0 Å². The van der Waals surface area contributed by atoms with Gasteiger partial charge >= 0.3 is 0 Å². The van der Waals surface area contributed by atoms with Gasteiger partial charge < -0.3 is 5.32 Å². The van der Waals surface area contributed by atoms with Crippen LogP contribution in [0.3, 0.4) is 0 Å². The van der Waals surface area contributed by atoms with Crippen LogP contribution in [0.1, 0.15) is 57.2 Å². The normalized spacial score (nSPS) is 12.6. The molecule has 1 N–H and O–H groups in total. The fourth-order valence-electron chi connectivity index (χ4n) is 3.47. The van der Waals surface area contributed by atoms with Crippen LogP contribution in [0, 0.1) is 5.92 Å². The van der Waals surface area contributed by atoms with E-state index in [2.05, 4.69) is 26.1 Å². The Labute approximate surface area is 181 Å². The van der Waals surface area contributed by atoms with Gasteiger partial charge in [-0.05, 0) is 48.4 Å². The third-order valence-corrected chi connectivity index (χ3v) is 6.24. The standard InChI is InChI=1S/C24H34N2O3S/c1-5-20-13-15-22(16-14-20)26(30(4,28)29)17-9-12-24(27)25-23(18-19(2)3)21-10-7-6-8-11-21/h6-8,10-11,13-16,19,23H,5,9,12,17-18H2,1-4H3,(H,25,27)/t23-/m0/s1. The Kier molecular flexibility index (Phi) is 8.90. The number of nitrogens with one attached hydrogen (secondary N) is 1. The van der Waals surface area contributed by atoms with Crippen molar-refractivity contribution in [2.75, 3.05) is 17.1 Å². The van der Waals surface area contributed by atoms with Crippen LogP contribution in [0.5, 0.6) is 0 Å². The summed E-state index contributed by atoms with van der Waals surface area (Å²) in [6.07, 6.45) is 3.69. The van der Waals surface area contributed by atoms with Crippen molar-refractivity contribution in [3.05, 3.63) is 65.7 Å². The number of nitrogens with zero attached hydrogens (tertiary/aromatic N) is 1. The van der Waals surface area contributed by atoms with Crippen LogP contribution >= 0.6 is 0 Å². The molecule has 1 amide bonds. The molecule has 0 aromatic heterocycles. The van der Waals surface area contributed by atoms with Gasteiger partial charge in [0.05, 0.1) is 18.0 Å². The Bertz CT molecular complexity index is 894. The molecule has 30 heavy (non-hydrogen) atoms.